The monoisotopic (exact) mass is 249 g/mol. The van der Waals surface area contributed by atoms with Crippen LogP contribution in [-0.2, 0) is 6.54 Å². The van der Waals surface area contributed by atoms with E-state index in [-0.39, 0.29) is 5.82 Å². The Morgan fingerprint density at radius 1 is 1.44 bits per heavy atom. The maximum absolute atomic E-state index is 13.0. The summed E-state index contributed by atoms with van der Waals surface area (Å²) in [6, 6.07) is 4.44. The number of methoxy groups -OCH3 is 1. The van der Waals surface area contributed by atoms with Crippen molar-refractivity contribution in [3.8, 4) is 5.75 Å². The van der Waals surface area contributed by atoms with Crippen molar-refractivity contribution < 1.29 is 9.13 Å². The van der Waals surface area contributed by atoms with Gasteiger partial charge in [0.15, 0.2) is 0 Å². The highest BCUT2D eigenvalue weighted by Gasteiger charge is 2.03. The quantitative estimate of drug-likeness (QED) is 0.884. The van der Waals surface area contributed by atoms with Gasteiger partial charge in [0.1, 0.15) is 11.6 Å². The van der Waals surface area contributed by atoms with Crippen molar-refractivity contribution in [2.24, 2.45) is 0 Å². The van der Waals surface area contributed by atoms with E-state index in [1.165, 1.54) is 19.2 Å². The van der Waals surface area contributed by atoms with Crippen molar-refractivity contribution in [3.63, 3.8) is 0 Å². The molecule has 5 heteroatoms. The number of aryl methyl sites for hydroxylation is 1. The Labute approximate surface area is 105 Å². The predicted molar refractivity (Wildman–Crippen MR) is 68.4 cm³/mol. The van der Waals surface area contributed by atoms with E-state index >= 15 is 0 Å². The molecule has 0 atom stereocenters. The fraction of sp³-hybridized carbons (Fsp3) is 0.308. The van der Waals surface area contributed by atoms with Crippen molar-refractivity contribution >= 4 is 5.69 Å². The molecule has 0 fully saturated rings. The number of halogens is 1. The van der Waals surface area contributed by atoms with Crippen molar-refractivity contribution in [1.29, 1.82) is 0 Å². The standard InChI is InChI=1S/C13H16FN3O/c1-10-8-16-17(9-10)6-5-15-12-4-3-11(14)7-13(12)18-2/h3-4,7-9,15H,5-6H2,1-2H3. The molecule has 0 aliphatic heterocycles. The average Bonchev–Trinajstić information content (AvgIpc) is 2.77. The lowest BCUT2D eigenvalue weighted by Crippen LogP contribution is -2.11. The largest absolute Gasteiger partial charge is 0.494 e. The van der Waals surface area contributed by atoms with Crippen LogP contribution in [0.25, 0.3) is 0 Å². The van der Waals surface area contributed by atoms with Crippen LogP contribution in [0.2, 0.25) is 0 Å². The minimum absolute atomic E-state index is 0.305. The summed E-state index contributed by atoms with van der Waals surface area (Å²) in [4.78, 5) is 0. The molecule has 1 N–H and O–H groups in total. The number of nitrogens with one attached hydrogen (secondary N) is 1. The van der Waals surface area contributed by atoms with Crippen LogP contribution in [0, 0.1) is 12.7 Å². The summed E-state index contributed by atoms with van der Waals surface area (Å²) in [7, 11) is 1.52. The van der Waals surface area contributed by atoms with Gasteiger partial charge in [0.05, 0.1) is 25.5 Å². The van der Waals surface area contributed by atoms with Gasteiger partial charge in [-0.15, -0.1) is 0 Å². The Kier molecular flexibility index (Phi) is 3.82. The smallest absolute Gasteiger partial charge is 0.144 e. The first-order valence-electron chi connectivity index (χ1n) is 5.75. The van der Waals surface area contributed by atoms with E-state index in [0.29, 0.717) is 12.3 Å². The van der Waals surface area contributed by atoms with Crippen LogP contribution >= 0.6 is 0 Å². The van der Waals surface area contributed by atoms with Crippen LogP contribution in [0.5, 0.6) is 5.75 Å². The Balaban J connectivity index is 1.94. The van der Waals surface area contributed by atoms with E-state index in [4.69, 9.17) is 4.74 Å². The van der Waals surface area contributed by atoms with Crippen molar-refractivity contribution in [3.05, 3.63) is 42.0 Å². The minimum atomic E-state index is -0.305. The second-order valence-corrected chi connectivity index (χ2v) is 4.05. The molecule has 2 rings (SSSR count). The topological polar surface area (TPSA) is 39.1 Å². The molecular weight excluding hydrogens is 233 g/mol. The molecule has 1 aromatic carbocycles. The van der Waals surface area contributed by atoms with E-state index in [1.807, 2.05) is 24.0 Å². The highest BCUT2D eigenvalue weighted by atomic mass is 19.1. The third-order valence-electron chi connectivity index (χ3n) is 2.58. The molecule has 0 radical (unpaired) electrons. The lowest BCUT2D eigenvalue weighted by molar-refractivity contribution is 0.413. The molecule has 0 saturated heterocycles. The Morgan fingerprint density at radius 3 is 2.94 bits per heavy atom. The molecule has 0 spiro atoms. The van der Waals surface area contributed by atoms with Crippen LogP contribution in [0.15, 0.2) is 30.6 Å². The molecule has 0 bridgehead atoms. The molecule has 1 aromatic heterocycles. The lowest BCUT2D eigenvalue weighted by Gasteiger charge is -2.11. The number of aromatic nitrogens is 2. The summed E-state index contributed by atoms with van der Waals surface area (Å²) in [5, 5.41) is 7.39. The van der Waals surface area contributed by atoms with Gasteiger partial charge in [0.2, 0.25) is 0 Å². The normalized spacial score (nSPS) is 10.4. The van der Waals surface area contributed by atoms with E-state index in [1.54, 1.807) is 6.07 Å². The lowest BCUT2D eigenvalue weighted by atomic mass is 10.3. The van der Waals surface area contributed by atoms with Gasteiger partial charge in [-0.25, -0.2) is 4.39 Å². The number of nitrogens with zero attached hydrogens (tertiary/aromatic N) is 2. The third-order valence-corrected chi connectivity index (χ3v) is 2.58. The molecule has 1 heterocycles. The summed E-state index contributed by atoms with van der Waals surface area (Å²) in [5.74, 6) is 0.201. The highest BCUT2D eigenvalue weighted by molar-refractivity contribution is 5.56. The van der Waals surface area contributed by atoms with Crippen LogP contribution < -0.4 is 10.1 Å². The van der Waals surface area contributed by atoms with Crippen molar-refractivity contribution in [1.82, 2.24) is 9.78 Å². The molecule has 96 valence electrons. The van der Waals surface area contributed by atoms with Gasteiger partial charge in [-0.1, -0.05) is 0 Å². The molecule has 0 saturated carbocycles. The molecule has 4 nitrogen and oxygen atoms in total. The first-order chi connectivity index (χ1) is 8.69. The summed E-state index contributed by atoms with van der Waals surface area (Å²) < 4.78 is 20.0. The number of hydrogen-bond acceptors (Lipinski definition) is 3. The molecule has 0 aliphatic carbocycles. The highest BCUT2D eigenvalue weighted by Crippen LogP contribution is 2.24. The molecule has 0 unspecified atom stereocenters. The van der Waals surface area contributed by atoms with Crippen LogP contribution in [-0.4, -0.2) is 23.4 Å². The predicted octanol–water partition coefficient (Wildman–Crippen LogP) is 2.45. The Hall–Kier alpha value is -2.04. The van der Waals surface area contributed by atoms with Gasteiger partial charge >= 0.3 is 0 Å². The van der Waals surface area contributed by atoms with Crippen LogP contribution in [0.1, 0.15) is 5.56 Å². The van der Waals surface area contributed by atoms with E-state index in [0.717, 1.165) is 17.8 Å². The third kappa shape index (κ3) is 3.00. The van der Waals surface area contributed by atoms with Crippen LogP contribution in [0.3, 0.4) is 0 Å². The van der Waals surface area contributed by atoms with Gasteiger partial charge in [-0.05, 0) is 24.6 Å². The molecule has 0 aliphatic rings. The van der Waals surface area contributed by atoms with Gasteiger partial charge in [0, 0.05) is 18.8 Å². The minimum Gasteiger partial charge on any atom is -0.494 e. The Bertz CT molecular complexity index is 525. The molecule has 2 aromatic rings. The number of benzene rings is 1. The van der Waals surface area contributed by atoms with E-state index < -0.39 is 0 Å². The van der Waals surface area contributed by atoms with Crippen molar-refractivity contribution in [2.45, 2.75) is 13.5 Å². The summed E-state index contributed by atoms with van der Waals surface area (Å²) in [5.41, 5.74) is 1.91. The first kappa shape index (κ1) is 12.4. The maximum Gasteiger partial charge on any atom is 0.144 e. The Morgan fingerprint density at radius 2 is 2.28 bits per heavy atom. The zero-order chi connectivity index (χ0) is 13.0. The number of hydrogen-bond donors (Lipinski definition) is 1. The fourth-order valence-corrected chi connectivity index (χ4v) is 1.71. The van der Waals surface area contributed by atoms with Gasteiger partial charge in [-0.2, -0.15) is 5.10 Å². The van der Waals surface area contributed by atoms with Gasteiger partial charge in [-0.3, -0.25) is 4.68 Å². The number of ether oxygens (including phenoxy) is 1. The molecule has 0 amide bonds. The average molecular weight is 249 g/mol. The summed E-state index contributed by atoms with van der Waals surface area (Å²) in [6.45, 7) is 3.44. The number of rotatable bonds is 5. The maximum atomic E-state index is 13.0. The summed E-state index contributed by atoms with van der Waals surface area (Å²) in [6.07, 6.45) is 3.79. The first-order valence-corrected chi connectivity index (χ1v) is 5.75. The van der Waals surface area contributed by atoms with E-state index in [9.17, 15) is 4.39 Å². The van der Waals surface area contributed by atoms with Gasteiger partial charge < -0.3 is 10.1 Å². The molecule has 18 heavy (non-hydrogen) atoms. The van der Waals surface area contributed by atoms with Crippen LogP contribution in [0.4, 0.5) is 10.1 Å². The zero-order valence-corrected chi connectivity index (χ0v) is 10.5. The second-order valence-electron chi connectivity index (χ2n) is 4.05. The second kappa shape index (κ2) is 5.53. The fourth-order valence-electron chi connectivity index (χ4n) is 1.71. The zero-order valence-electron chi connectivity index (χ0n) is 10.5. The van der Waals surface area contributed by atoms with Gasteiger partial charge in [0.25, 0.3) is 0 Å². The number of anilines is 1. The summed E-state index contributed by atoms with van der Waals surface area (Å²) >= 11 is 0. The van der Waals surface area contributed by atoms with Crippen molar-refractivity contribution in [2.75, 3.05) is 19.0 Å². The SMILES string of the molecule is COc1cc(F)ccc1NCCn1cc(C)cn1. The molecular formula is C13H16FN3O. The van der Waals surface area contributed by atoms with E-state index in [2.05, 4.69) is 10.4 Å².